The van der Waals surface area contributed by atoms with Crippen LogP contribution < -0.4 is 4.57 Å². The van der Waals surface area contributed by atoms with E-state index < -0.39 is 5.97 Å². The van der Waals surface area contributed by atoms with Crippen LogP contribution in [0.25, 0.3) is 0 Å². The average molecular weight is 253 g/mol. The van der Waals surface area contributed by atoms with Crippen molar-refractivity contribution >= 4 is 5.97 Å². The lowest BCUT2D eigenvalue weighted by Gasteiger charge is -1.99. The molecule has 0 bridgehead atoms. The van der Waals surface area contributed by atoms with E-state index in [2.05, 4.69) is 34.8 Å². The second-order valence-electron chi connectivity index (χ2n) is 4.75. The molecule has 18 heavy (non-hydrogen) atoms. The van der Waals surface area contributed by atoms with Crippen molar-refractivity contribution in [1.82, 2.24) is 4.57 Å². The van der Waals surface area contributed by atoms with Gasteiger partial charge in [0.05, 0.1) is 13.1 Å². The normalized spacial score (nSPS) is 10.7. The van der Waals surface area contributed by atoms with Crippen LogP contribution in [0.5, 0.6) is 0 Å². The first-order valence-electron chi connectivity index (χ1n) is 6.99. The highest BCUT2D eigenvalue weighted by Crippen LogP contribution is 2.07. The molecule has 0 unspecified atom stereocenters. The third-order valence-corrected chi connectivity index (χ3v) is 3.17. The van der Waals surface area contributed by atoms with E-state index in [1.165, 1.54) is 19.3 Å². The minimum Gasteiger partial charge on any atom is -0.481 e. The van der Waals surface area contributed by atoms with Crippen LogP contribution in [-0.2, 0) is 17.9 Å². The molecule has 102 valence electrons. The molecule has 1 rings (SSSR count). The van der Waals surface area contributed by atoms with Gasteiger partial charge in [0, 0.05) is 6.42 Å². The molecule has 1 aromatic rings. The zero-order chi connectivity index (χ0) is 13.2. The number of aliphatic carboxylic acids is 1. The molecule has 0 fully saturated rings. The Morgan fingerprint density at radius 1 is 1.17 bits per heavy atom. The van der Waals surface area contributed by atoms with Crippen molar-refractivity contribution in [1.29, 1.82) is 0 Å². The second kappa shape index (κ2) is 8.72. The Bertz CT molecular complexity index is 347. The van der Waals surface area contributed by atoms with E-state index in [1.807, 2.05) is 0 Å². The number of aryl methyl sites for hydroxylation is 2. The zero-order valence-electron chi connectivity index (χ0n) is 11.3. The van der Waals surface area contributed by atoms with Crippen LogP contribution in [-0.4, -0.2) is 15.6 Å². The number of aromatic nitrogens is 2. The van der Waals surface area contributed by atoms with Gasteiger partial charge in [0.2, 0.25) is 6.33 Å². The van der Waals surface area contributed by atoms with Gasteiger partial charge in [-0.1, -0.05) is 19.3 Å². The highest BCUT2D eigenvalue weighted by molar-refractivity contribution is 5.66. The van der Waals surface area contributed by atoms with Crippen LogP contribution in [0.2, 0.25) is 0 Å². The smallest absolute Gasteiger partial charge is 0.303 e. The summed E-state index contributed by atoms with van der Waals surface area (Å²) < 4.78 is 4.40. The van der Waals surface area contributed by atoms with Gasteiger partial charge in [-0.25, -0.2) is 9.13 Å². The van der Waals surface area contributed by atoms with Crippen LogP contribution in [0.1, 0.15) is 51.9 Å². The second-order valence-corrected chi connectivity index (χ2v) is 4.75. The third-order valence-electron chi connectivity index (χ3n) is 3.17. The van der Waals surface area contributed by atoms with Crippen molar-refractivity contribution in [3.8, 4) is 0 Å². The largest absolute Gasteiger partial charge is 0.481 e. The molecule has 1 heterocycles. The molecule has 0 saturated heterocycles. The summed E-state index contributed by atoms with van der Waals surface area (Å²) in [5, 5.41) is 8.50. The highest BCUT2D eigenvalue weighted by atomic mass is 16.4. The molecule has 1 aromatic heterocycles. The lowest BCUT2D eigenvalue weighted by atomic mass is 10.1. The number of rotatable bonds is 10. The maximum Gasteiger partial charge on any atom is 0.303 e. The Balaban J connectivity index is 1.94. The summed E-state index contributed by atoms with van der Waals surface area (Å²) in [4.78, 5) is 10.3. The Labute approximate surface area is 109 Å². The fourth-order valence-corrected chi connectivity index (χ4v) is 2.04. The number of nitrogens with zero attached hydrogens (tertiary/aromatic N) is 2. The van der Waals surface area contributed by atoms with Crippen LogP contribution in [0.15, 0.2) is 18.7 Å². The van der Waals surface area contributed by atoms with Gasteiger partial charge in [-0.05, 0) is 26.2 Å². The molecule has 4 heteroatoms. The standard InChI is InChI=1S/C14H24N2O2/c1-2-15-11-12-16(13-15)10-8-6-4-3-5-7-9-14(17)18/h11-13H,2-10H2,1H3/p+1. The SMILES string of the molecule is CCn1cc[n+](CCCCCCCCC(=O)O)c1. The van der Waals surface area contributed by atoms with Gasteiger partial charge in [0.1, 0.15) is 12.4 Å². The van der Waals surface area contributed by atoms with Crippen molar-refractivity contribution in [2.75, 3.05) is 0 Å². The number of carboxylic acid groups (broad SMARTS) is 1. The quantitative estimate of drug-likeness (QED) is 0.514. The third kappa shape index (κ3) is 6.42. The summed E-state index contributed by atoms with van der Waals surface area (Å²) in [6.45, 7) is 4.25. The molecule has 0 atom stereocenters. The summed E-state index contributed by atoms with van der Waals surface area (Å²) in [5.41, 5.74) is 0. The van der Waals surface area contributed by atoms with Crippen molar-refractivity contribution in [3.05, 3.63) is 18.7 Å². The van der Waals surface area contributed by atoms with Crippen LogP contribution in [0, 0.1) is 0 Å². The predicted molar refractivity (Wildman–Crippen MR) is 70.3 cm³/mol. The number of carbonyl (C=O) groups is 1. The molecule has 0 radical (unpaired) electrons. The Morgan fingerprint density at radius 2 is 1.83 bits per heavy atom. The molecule has 0 aliphatic carbocycles. The molecular weight excluding hydrogens is 228 g/mol. The fourth-order valence-electron chi connectivity index (χ4n) is 2.04. The molecule has 0 amide bonds. The summed E-state index contributed by atoms with van der Waals surface area (Å²) in [7, 11) is 0. The molecule has 0 saturated carbocycles. The van der Waals surface area contributed by atoms with Gasteiger partial charge in [-0.15, -0.1) is 0 Å². The summed E-state index contributed by atoms with van der Waals surface area (Å²) in [6.07, 6.45) is 13.4. The van der Waals surface area contributed by atoms with E-state index in [1.54, 1.807) is 0 Å². The van der Waals surface area contributed by atoms with E-state index in [9.17, 15) is 4.79 Å². The van der Waals surface area contributed by atoms with E-state index in [-0.39, 0.29) is 0 Å². The maximum atomic E-state index is 10.3. The van der Waals surface area contributed by atoms with E-state index in [4.69, 9.17) is 5.11 Å². The Morgan fingerprint density at radius 3 is 2.44 bits per heavy atom. The van der Waals surface area contributed by atoms with Crippen molar-refractivity contribution in [2.45, 2.75) is 65.0 Å². The van der Waals surface area contributed by atoms with Crippen molar-refractivity contribution in [3.63, 3.8) is 0 Å². The van der Waals surface area contributed by atoms with Gasteiger partial charge < -0.3 is 5.11 Å². The van der Waals surface area contributed by atoms with E-state index in [0.717, 1.165) is 32.4 Å². The predicted octanol–water partition coefficient (Wildman–Crippen LogP) is 2.61. The number of hydrogen-bond donors (Lipinski definition) is 1. The molecule has 4 nitrogen and oxygen atoms in total. The maximum absolute atomic E-state index is 10.3. The van der Waals surface area contributed by atoms with Crippen LogP contribution in [0.3, 0.4) is 0 Å². The van der Waals surface area contributed by atoms with Gasteiger partial charge >= 0.3 is 5.97 Å². The molecule has 0 spiro atoms. The minimum absolute atomic E-state index is 0.320. The van der Waals surface area contributed by atoms with Gasteiger partial charge in [-0.3, -0.25) is 4.79 Å². The minimum atomic E-state index is -0.674. The van der Waals surface area contributed by atoms with Crippen LogP contribution in [0.4, 0.5) is 0 Å². The van der Waals surface area contributed by atoms with Crippen molar-refractivity contribution in [2.24, 2.45) is 0 Å². The lowest BCUT2D eigenvalue weighted by molar-refractivity contribution is -0.696. The first-order chi connectivity index (χ1) is 8.72. The van der Waals surface area contributed by atoms with E-state index in [0.29, 0.717) is 6.42 Å². The molecule has 0 aliphatic heterocycles. The lowest BCUT2D eigenvalue weighted by Crippen LogP contribution is -2.30. The summed E-state index contributed by atoms with van der Waals surface area (Å²) >= 11 is 0. The molecule has 1 N–H and O–H groups in total. The number of carboxylic acids is 1. The highest BCUT2D eigenvalue weighted by Gasteiger charge is 2.01. The van der Waals surface area contributed by atoms with Gasteiger partial charge in [0.15, 0.2) is 0 Å². The Hall–Kier alpha value is -1.32. The number of hydrogen-bond acceptors (Lipinski definition) is 1. The van der Waals surface area contributed by atoms with Crippen molar-refractivity contribution < 1.29 is 14.5 Å². The van der Waals surface area contributed by atoms with Crippen LogP contribution >= 0.6 is 0 Å². The topological polar surface area (TPSA) is 46.1 Å². The van der Waals surface area contributed by atoms with Gasteiger partial charge in [0.25, 0.3) is 0 Å². The molecular formula is C14H25N2O2+. The fraction of sp³-hybridized carbons (Fsp3) is 0.714. The summed E-state index contributed by atoms with van der Waals surface area (Å²) in [5.74, 6) is -0.674. The Kier molecular flexibility index (Phi) is 7.14. The number of imidazole rings is 1. The zero-order valence-corrected chi connectivity index (χ0v) is 11.3. The van der Waals surface area contributed by atoms with E-state index >= 15 is 0 Å². The van der Waals surface area contributed by atoms with Gasteiger partial charge in [-0.2, -0.15) is 0 Å². The first kappa shape index (κ1) is 14.7. The molecule has 0 aliphatic rings. The summed E-state index contributed by atoms with van der Waals surface area (Å²) in [6, 6.07) is 0. The average Bonchev–Trinajstić information content (AvgIpc) is 2.80. The first-order valence-corrected chi connectivity index (χ1v) is 6.99. The number of unbranched alkanes of at least 4 members (excludes halogenated alkanes) is 5. The molecule has 0 aromatic carbocycles. The monoisotopic (exact) mass is 253 g/mol.